The summed E-state index contributed by atoms with van der Waals surface area (Å²) in [5, 5.41) is 9.43. The number of fused-ring (bicyclic) bond motifs is 1. The third kappa shape index (κ3) is 2.09. The number of nitrogens with two attached hydrogens (primary N) is 1. The van der Waals surface area contributed by atoms with E-state index in [2.05, 4.69) is 15.2 Å². The molecule has 6 heteroatoms. The molecule has 20 heavy (non-hydrogen) atoms. The smallest absolute Gasteiger partial charge is 0.166 e. The van der Waals surface area contributed by atoms with Gasteiger partial charge in [-0.15, -0.1) is 10.2 Å². The first-order valence-corrected chi connectivity index (χ1v) is 6.42. The van der Waals surface area contributed by atoms with Gasteiger partial charge in [-0.2, -0.15) is 0 Å². The van der Waals surface area contributed by atoms with Crippen molar-refractivity contribution >= 4 is 16.6 Å². The number of rotatable bonds is 3. The van der Waals surface area contributed by atoms with Gasteiger partial charge < -0.3 is 10.3 Å². The lowest BCUT2D eigenvalue weighted by Crippen LogP contribution is -2.00. The van der Waals surface area contributed by atoms with Gasteiger partial charge in [0.2, 0.25) is 0 Å². The Morgan fingerprint density at radius 1 is 1.25 bits per heavy atom. The molecule has 2 N–H and O–H groups in total. The molecule has 2 aromatic heterocycles. The van der Waals surface area contributed by atoms with Gasteiger partial charge in [0.25, 0.3) is 0 Å². The zero-order valence-electron chi connectivity index (χ0n) is 11.0. The molecule has 0 fully saturated rings. The Morgan fingerprint density at radius 2 is 2.10 bits per heavy atom. The van der Waals surface area contributed by atoms with Crippen LogP contribution in [0, 0.1) is 5.82 Å². The van der Waals surface area contributed by atoms with Crippen molar-refractivity contribution in [3.63, 3.8) is 0 Å². The van der Waals surface area contributed by atoms with E-state index in [0.29, 0.717) is 22.6 Å². The number of anilines is 1. The van der Waals surface area contributed by atoms with E-state index < -0.39 is 0 Å². The van der Waals surface area contributed by atoms with E-state index in [-0.39, 0.29) is 5.82 Å². The van der Waals surface area contributed by atoms with E-state index >= 15 is 0 Å². The molecule has 0 amide bonds. The maximum Gasteiger partial charge on any atom is 0.166 e. The number of benzene rings is 1. The van der Waals surface area contributed by atoms with Crippen molar-refractivity contribution in [3.05, 3.63) is 36.5 Å². The molecule has 0 atom stereocenters. The molecule has 0 saturated carbocycles. The topological polar surface area (TPSA) is 69.6 Å². The van der Waals surface area contributed by atoms with Crippen LogP contribution in [0.5, 0.6) is 0 Å². The van der Waals surface area contributed by atoms with E-state index in [4.69, 9.17) is 5.73 Å². The van der Waals surface area contributed by atoms with Crippen molar-refractivity contribution in [1.82, 2.24) is 19.7 Å². The van der Waals surface area contributed by atoms with Crippen LogP contribution in [0.1, 0.15) is 13.3 Å². The highest BCUT2D eigenvalue weighted by Gasteiger charge is 2.13. The molecule has 102 valence electrons. The Labute approximate surface area is 115 Å². The van der Waals surface area contributed by atoms with Crippen LogP contribution < -0.4 is 5.73 Å². The average molecular weight is 271 g/mol. The van der Waals surface area contributed by atoms with E-state index in [9.17, 15) is 4.39 Å². The standard InChI is InChI=1S/C14H14FN5/c1-2-3-20-8-18-19-14(20)11-4-9-6-13(16)17-7-10(9)5-12(11)15/h4-8H,2-3H2,1H3,(H2,16,17). The molecule has 0 radical (unpaired) electrons. The summed E-state index contributed by atoms with van der Waals surface area (Å²) in [6, 6.07) is 4.90. The number of nitrogens with zero attached hydrogens (tertiary/aromatic N) is 4. The lowest BCUT2D eigenvalue weighted by Gasteiger charge is -2.08. The minimum absolute atomic E-state index is 0.338. The maximum absolute atomic E-state index is 14.3. The highest BCUT2D eigenvalue weighted by molar-refractivity contribution is 5.87. The molecule has 0 aliphatic carbocycles. The number of nitrogen functional groups attached to an aromatic ring is 1. The first-order chi connectivity index (χ1) is 9.69. The van der Waals surface area contributed by atoms with Crippen molar-refractivity contribution < 1.29 is 4.39 Å². The summed E-state index contributed by atoms with van der Waals surface area (Å²) in [5.74, 6) is 0.598. The normalized spacial score (nSPS) is 11.1. The summed E-state index contributed by atoms with van der Waals surface area (Å²) in [6.45, 7) is 2.80. The molecule has 3 rings (SSSR count). The van der Waals surface area contributed by atoms with Gasteiger partial charge in [-0.05, 0) is 30.0 Å². The van der Waals surface area contributed by atoms with Crippen LogP contribution in [-0.4, -0.2) is 19.7 Å². The molecule has 0 aliphatic heterocycles. The molecule has 2 heterocycles. The fraction of sp³-hybridized carbons (Fsp3) is 0.214. The second-order valence-electron chi connectivity index (χ2n) is 4.64. The molecule has 0 aliphatic rings. The summed E-state index contributed by atoms with van der Waals surface area (Å²) in [4.78, 5) is 3.97. The predicted molar refractivity (Wildman–Crippen MR) is 75.4 cm³/mol. The number of hydrogen-bond donors (Lipinski definition) is 1. The molecule has 0 spiro atoms. The van der Waals surface area contributed by atoms with E-state index in [1.807, 2.05) is 11.5 Å². The first-order valence-electron chi connectivity index (χ1n) is 6.42. The highest BCUT2D eigenvalue weighted by Crippen LogP contribution is 2.27. The fourth-order valence-corrected chi connectivity index (χ4v) is 2.22. The van der Waals surface area contributed by atoms with Gasteiger partial charge in [-0.3, -0.25) is 0 Å². The summed E-state index contributed by atoms with van der Waals surface area (Å²) in [7, 11) is 0. The van der Waals surface area contributed by atoms with Gasteiger partial charge in [0.1, 0.15) is 18.0 Å². The Bertz CT molecular complexity index is 765. The second-order valence-corrected chi connectivity index (χ2v) is 4.64. The van der Waals surface area contributed by atoms with Crippen LogP contribution in [0.2, 0.25) is 0 Å². The number of pyridine rings is 1. The average Bonchev–Trinajstić information content (AvgIpc) is 2.87. The molecule has 0 saturated heterocycles. The summed E-state index contributed by atoms with van der Waals surface area (Å²) in [5.41, 5.74) is 6.10. The van der Waals surface area contributed by atoms with Crippen LogP contribution in [0.25, 0.3) is 22.2 Å². The maximum atomic E-state index is 14.3. The lowest BCUT2D eigenvalue weighted by molar-refractivity contribution is 0.625. The number of aryl methyl sites for hydroxylation is 1. The number of hydrogen-bond acceptors (Lipinski definition) is 4. The SMILES string of the molecule is CCCn1cnnc1-c1cc2cc(N)ncc2cc1F. The van der Waals surface area contributed by atoms with Crippen LogP contribution in [-0.2, 0) is 6.54 Å². The monoisotopic (exact) mass is 271 g/mol. The molecule has 0 bridgehead atoms. The van der Waals surface area contributed by atoms with Crippen LogP contribution in [0.4, 0.5) is 10.2 Å². The van der Waals surface area contributed by atoms with Gasteiger partial charge in [0.05, 0.1) is 5.56 Å². The molecule has 0 unspecified atom stereocenters. The number of aromatic nitrogens is 4. The van der Waals surface area contributed by atoms with Crippen molar-refractivity contribution in [2.24, 2.45) is 0 Å². The molecular weight excluding hydrogens is 257 g/mol. The molecule has 5 nitrogen and oxygen atoms in total. The van der Waals surface area contributed by atoms with Crippen LogP contribution in [0.3, 0.4) is 0 Å². The minimum Gasteiger partial charge on any atom is -0.384 e. The second kappa shape index (κ2) is 4.88. The van der Waals surface area contributed by atoms with E-state index in [1.165, 1.54) is 6.07 Å². The van der Waals surface area contributed by atoms with Gasteiger partial charge >= 0.3 is 0 Å². The van der Waals surface area contributed by atoms with Crippen molar-refractivity contribution in [1.29, 1.82) is 0 Å². The quantitative estimate of drug-likeness (QED) is 0.795. The molecule has 1 aromatic carbocycles. The lowest BCUT2D eigenvalue weighted by atomic mass is 10.1. The van der Waals surface area contributed by atoms with Crippen molar-refractivity contribution in [2.45, 2.75) is 19.9 Å². The van der Waals surface area contributed by atoms with Gasteiger partial charge in [0.15, 0.2) is 5.82 Å². The van der Waals surface area contributed by atoms with Crippen LogP contribution in [0.15, 0.2) is 30.7 Å². The minimum atomic E-state index is -0.338. The van der Waals surface area contributed by atoms with E-state index in [1.54, 1.807) is 24.7 Å². The van der Waals surface area contributed by atoms with E-state index in [0.717, 1.165) is 18.4 Å². The van der Waals surface area contributed by atoms with Crippen molar-refractivity contribution in [2.75, 3.05) is 5.73 Å². The third-order valence-corrected chi connectivity index (χ3v) is 3.15. The van der Waals surface area contributed by atoms with Gasteiger partial charge in [-0.25, -0.2) is 9.37 Å². The fourth-order valence-electron chi connectivity index (χ4n) is 2.22. The predicted octanol–water partition coefficient (Wildman–Crippen LogP) is 2.62. The summed E-state index contributed by atoms with van der Waals surface area (Å²) < 4.78 is 16.1. The Kier molecular flexibility index (Phi) is 3.06. The van der Waals surface area contributed by atoms with Gasteiger partial charge in [0, 0.05) is 18.1 Å². The zero-order chi connectivity index (χ0) is 14.1. The first kappa shape index (κ1) is 12.5. The Hall–Kier alpha value is -2.50. The third-order valence-electron chi connectivity index (χ3n) is 3.15. The largest absolute Gasteiger partial charge is 0.384 e. The summed E-state index contributed by atoms with van der Waals surface area (Å²) in [6.07, 6.45) is 4.11. The highest BCUT2D eigenvalue weighted by atomic mass is 19.1. The Balaban J connectivity index is 2.19. The Morgan fingerprint density at radius 3 is 2.90 bits per heavy atom. The summed E-state index contributed by atoms with van der Waals surface area (Å²) >= 11 is 0. The molecular formula is C14H14FN5. The van der Waals surface area contributed by atoms with Gasteiger partial charge in [-0.1, -0.05) is 6.92 Å². The zero-order valence-corrected chi connectivity index (χ0v) is 11.0. The van der Waals surface area contributed by atoms with Crippen molar-refractivity contribution in [3.8, 4) is 11.4 Å². The van der Waals surface area contributed by atoms with Crippen LogP contribution >= 0.6 is 0 Å². The molecule has 3 aromatic rings. The number of halogens is 1.